The Morgan fingerprint density at radius 1 is 1.48 bits per heavy atom. The molecule has 2 aliphatic rings. The zero-order valence-corrected chi connectivity index (χ0v) is 12.6. The second kappa shape index (κ2) is 5.73. The number of hydrogen-bond acceptors (Lipinski definition) is 5. The third-order valence-electron chi connectivity index (χ3n) is 3.90. The molecule has 1 aliphatic heterocycles. The second-order valence-electron chi connectivity index (χ2n) is 5.53. The van der Waals surface area contributed by atoms with Crippen molar-refractivity contribution in [2.75, 3.05) is 6.61 Å². The summed E-state index contributed by atoms with van der Waals surface area (Å²) in [4.78, 5) is 29.6. The molecule has 7 heteroatoms. The van der Waals surface area contributed by atoms with E-state index in [4.69, 9.17) is 4.74 Å². The molecule has 3 rings (SSSR count). The highest BCUT2D eigenvalue weighted by Crippen LogP contribution is 2.33. The SMILES string of the molecule is CC(C(=O)O)N(C(=O)c1csc(C2CCCO2)n1)C1CC1. The third kappa shape index (κ3) is 2.94. The Morgan fingerprint density at radius 2 is 2.24 bits per heavy atom. The predicted molar refractivity (Wildman–Crippen MR) is 76.3 cm³/mol. The largest absolute Gasteiger partial charge is 0.480 e. The van der Waals surface area contributed by atoms with E-state index in [0.29, 0.717) is 5.69 Å². The number of carboxylic acid groups (broad SMARTS) is 1. The number of aliphatic carboxylic acids is 1. The zero-order valence-electron chi connectivity index (χ0n) is 11.8. The molecule has 0 bridgehead atoms. The van der Waals surface area contributed by atoms with Gasteiger partial charge < -0.3 is 14.7 Å². The molecule has 2 unspecified atom stereocenters. The van der Waals surface area contributed by atoms with E-state index in [2.05, 4.69) is 4.98 Å². The third-order valence-corrected chi connectivity index (χ3v) is 4.83. The average molecular weight is 310 g/mol. The minimum absolute atomic E-state index is 0.0113. The normalized spacial score (nSPS) is 23.0. The first-order valence-corrected chi connectivity index (χ1v) is 8.08. The van der Waals surface area contributed by atoms with E-state index in [0.717, 1.165) is 37.3 Å². The zero-order chi connectivity index (χ0) is 15.0. The van der Waals surface area contributed by atoms with Crippen molar-refractivity contribution in [1.29, 1.82) is 0 Å². The van der Waals surface area contributed by atoms with Gasteiger partial charge in [-0.15, -0.1) is 11.3 Å². The molecule has 1 saturated heterocycles. The lowest BCUT2D eigenvalue weighted by Crippen LogP contribution is -2.44. The molecule has 2 fully saturated rings. The Labute approximate surface area is 126 Å². The van der Waals surface area contributed by atoms with Crippen molar-refractivity contribution in [2.24, 2.45) is 0 Å². The molecule has 21 heavy (non-hydrogen) atoms. The van der Waals surface area contributed by atoms with Gasteiger partial charge in [-0.05, 0) is 32.6 Å². The van der Waals surface area contributed by atoms with Crippen LogP contribution in [-0.2, 0) is 9.53 Å². The van der Waals surface area contributed by atoms with Gasteiger partial charge in [-0.25, -0.2) is 9.78 Å². The van der Waals surface area contributed by atoms with Crippen molar-refractivity contribution in [2.45, 2.75) is 50.8 Å². The number of carboxylic acids is 1. The summed E-state index contributed by atoms with van der Waals surface area (Å²) in [7, 11) is 0. The monoisotopic (exact) mass is 310 g/mol. The van der Waals surface area contributed by atoms with Crippen LogP contribution >= 0.6 is 11.3 Å². The second-order valence-corrected chi connectivity index (χ2v) is 6.42. The van der Waals surface area contributed by atoms with Crippen LogP contribution in [0.3, 0.4) is 0 Å². The van der Waals surface area contributed by atoms with Crippen LogP contribution in [-0.4, -0.2) is 45.6 Å². The highest BCUT2D eigenvalue weighted by Gasteiger charge is 2.39. The van der Waals surface area contributed by atoms with Gasteiger partial charge in [-0.3, -0.25) is 4.79 Å². The lowest BCUT2D eigenvalue weighted by atomic mass is 10.2. The molecule has 1 aromatic heterocycles. The first kappa shape index (κ1) is 14.5. The van der Waals surface area contributed by atoms with Crippen LogP contribution in [0, 0.1) is 0 Å². The molecule has 1 aromatic rings. The van der Waals surface area contributed by atoms with Gasteiger partial charge in [0, 0.05) is 18.0 Å². The van der Waals surface area contributed by atoms with Crippen LogP contribution in [0.5, 0.6) is 0 Å². The summed E-state index contributed by atoms with van der Waals surface area (Å²) in [5.41, 5.74) is 0.338. The molecule has 2 atom stereocenters. The number of nitrogens with zero attached hydrogens (tertiary/aromatic N) is 2. The van der Waals surface area contributed by atoms with Crippen molar-refractivity contribution >= 4 is 23.2 Å². The Hall–Kier alpha value is -1.47. The van der Waals surface area contributed by atoms with Crippen molar-refractivity contribution in [1.82, 2.24) is 9.88 Å². The summed E-state index contributed by atoms with van der Waals surface area (Å²) in [6, 6.07) is -0.783. The molecule has 0 aromatic carbocycles. The molecule has 1 N–H and O–H groups in total. The van der Waals surface area contributed by atoms with Crippen LogP contribution in [0.2, 0.25) is 0 Å². The molecule has 1 amide bonds. The Kier molecular flexibility index (Phi) is 3.95. The minimum atomic E-state index is -0.982. The summed E-state index contributed by atoms with van der Waals surface area (Å²) in [6.07, 6.45) is 3.66. The summed E-state index contributed by atoms with van der Waals surface area (Å²) in [5.74, 6) is -1.27. The smallest absolute Gasteiger partial charge is 0.326 e. The van der Waals surface area contributed by atoms with Crippen LogP contribution in [0.25, 0.3) is 0 Å². The number of thiazole rings is 1. The number of rotatable bonds is 5. The van der Waals surface area contributed by atoms with Crippen molar-refractivity contribution < 1.29 is 19.4 Å². The quantitative estimate of drug-likeness (QED) is 0.900. The molecule has 114 valence electrons. The Bertz CT molecular complexity index is 549. The maximum Gasteiger partial charge on any atom is 0.326 e. The minimum Gasteiger partial charge on any atom is -0.480 e. The Morgan fingerprint density at radius 3 is 2.81 bits per heavy atom. The van der Waals surface area contributed by atoms with Crippen molar-refractivity contribution in [3.63, 3.8) is 0 Å². The maximum atomic E-state index is 12.6. The van der Waals surface area contributed by atoms with Crippen molar-refractivity contribution in [3.8, 4) is 0 Å². The average Bonchev–Trinajstić information content (AvgIpc) is 2.97. The lowest BCUT2D eigenvalue weighted by Gasteiger charge is -2.25. The molecule has 6 nitrogen and oxygen atoms in total. The standard InChI is InChI=1S/C14H18N2O4S/c1-8(14(18)19)16(9-4-5-9)13(17)10-7-21-12(15-10)11-3-2-6-20-11/h7-9,11H,2-6H2,1H3,(H,18,19). The van der Waals surface area contributed by atoms with E-state index in [-0.39, 0.29) is 18.1 Å². The lowest BCUT2D eigenvalue weighted by molar-refractivity contribution is -0.141. The molecule has 2 heterocycles. The molecule has 1 aliphatic carbocycles. The van der Waals surface area contributed by atoms with Gasteiger partial charge in [0.1, 0.15) is 22.8 Å². The molecule has 1 saturated carbocycles. The number of ether oxygens (including phenoxy) is 1. The van der Waals surface area contributed by atoms with E-state index < -0.39 is 12.0 Å². The molecule has 0 radical (unpaired) electrons. The van der Waals surface area contributed by atoms with Crippen LogP contribution in [0.15, 0.2) is 5.38 Å². The van der Waals surface area contributed by atoms with E-state index >= 15 is 0 Å². The van der Waals surface area contributed by atoms with E-state index in [1.165, 1.54) is 16.2 Å². The van der Waals surface area contributed by atoms with Gasteiger partial charge in [0.2, 0.25) is 0 Å². The first-order chi connectivity index (χ1) is 10.1. The van der Waals surface area contributed by atoms with E-state index in [1.807, 2.05) is 0 Å². The first-order valence-electron chi connectivity index (χ1n) is 7.20. The molecular formula is C14H18N2O4S. The van der Waals surface area contributed by atoms with Gasteiger partial charge in [0.05, 0.1) is 0 Å². The number of carbonyl (C=O) groups excluding carboxylic acids is 1. The summed E-state index contributed by atoms with van der Waals surface area (Å²) < 4.78 is 5.57. The summed E-state index contributed by atoms with van der Waals surface area (Å²) >= 11 is 1.41. The fraction of sp³-hybridized carbons (Fsp3) is 0.643. The van der Waals surface area contributed by atoms with Gasteiger partial charge >= 0.3 is 5.97 Å². The number of carbonyl (C=O) groups is 2. The summed E-state index contributed by atoms with van der Waals surface area (Å²) in [6.45, 7) is 2.28. The number of aromatic nitrogens is 1. The number of hydrogen-bond donors (Lipinski definition) is 1. The predicted octanol–water partition coefficient (Wildman–Crippen LogP) is 2.07. The van der Waals surface area contributed by atoms with E-state index in [9.17, 15) is 14.7 Å². The number of amides is 1. The summed E-state index contributed by atoms with van der Waals surface area (Å²) in [5, 5.41) is 11.7. The fourth-order valence-electron chi connectivity index (χ4n) is 2.57. The molecular weight excluding hydrogens is 292 g/mol. The maximum absolute atomic E-state index is 12.6. The van der Waals surface area contributed by atoms with Gasteiger partial charge in [0.25, 0.3) is 5.91 Å². The highest BCUT2D eigenvalue weighted by atomic mass is 32.1. The van der Waals surface area contributed by atoms with Crippen LogP contribution in [0.4, 0.5) is 0 Å². The van der Waals surface area contributed by atoms with Gasteiger partial charge in [-0.2, -0.15) is 0 Å². The van der Waals surface area contributed by atoms with Gasteiger partial charge in [-0.1, -0.05) is 0 Å². The van der Waals surface area contributed by atoms with Crippen molar-refractivity contribution in [3.05, 3.63) is 16.1 Å². The topological polar surface area (TPSA) is 79.7 Å². The van der Waals surface area contributed by atoms with E-state index in [1.54, 1.807) is 12.3 Å². The highest BCUT2D eigenvalue weighted by molar-refractivity contribution is 7.09. The van der Waals surface area contributed by atoms with Gasteiger partial charge in [0.15, 0.2) is 0 Å². The fourth-order valence-corrected chi connectivity index (χ4v) is 3.44. The van der Waals surface area contributed by atoms with Crippen LogP contribution < -0.4 is 0 Å². The Balaban J connectivity index is 1.78. The molecule has 0 spiro atoms. The van der Waals surface area contributed by atoms with Crippen LogP contribution in [0.1, 0.15) is 54.2 Å².